The number of ether oxygens (including phenoxy) is 1. The number of benzene rings is 1. The fraction of sp³-hybridized carbons (Fsp3) is 0.533. The molecule has 3 heteroatoms. The van der Waals surface area contributed by atoms with Gasteiger partial charge in [0.25, 0.3) is 0 Å². The van der Waals surface area contributed by atoms with Crippen LogP contribution in [0.4, 0.5) is 0 Å². The number of carbonyl (C=O) groups excluding carboxylic acids is 1. The lowest BCUT2D eigenvalue weighted by Crippen LogP contribution is -2.16. The van der Waals surface area contributed by atoms with E-state index in [-0.39, 0.29) is 17.1 Å². The van der Waals surface area contributed by atoms with Gasteiger partial charge in [0.2, 0.25) is 0 Å². The van der Waals surface area contributed by atoms with Crippen LogP contribution in [-0.2, 0) is 4.74 Å². The molecule has 1 saturated carbocycles. The first-order valence-corrected chi connectivity index (χ1v) is 6.37. The fourth-order valence-corrected chi connectivity index (χ4v) is 2.98. The molecule has 3 nitrogen and oxygen atoms in total. The average Bonchev–Trinajstić information content (AvgIpc) is 2.68. The number of methoxy groups -OCH3 is 1. The van der Waals surface area contributed by atoms with Gasteiger partial charge in [-0.2, -0.15) is 0 Å². The van der Waals surface area contributed by atoms with Gasteiger partial charge in [0.15, 0.2) is 0 Å². The van der Waals surface area contributed by atoms with Crippen LogP contribution in [-0.4, -0.2) is 18.2 Å². The molecule has 0 aromatic heterocycles. The van der Waals surface area contributed by atoms with E-state index in [9.17, 15) is 9.90 Å². The van der Waals surface area contributed by atoms with Crippen molar-refractivity contribution in [3.63, 3.8) is 0 Å². The van der Waals surface area contributed by atoms with Crippen molar-refractivity contribution in [1.82, 2.24) is 0 Å². The van der Waals surface area contributed by atoms with Crippen molar-refractivity contribution < 1.29 is 14.6 Å². The van der Waals surface area contributed by atoms with Crippen molar-refractivity contribution in [2.45, 2.75) is 39.0 Å². The first-order chi connectivity index (χ1) is 8.45. The van der Waals surface area contributed by atoms with Gasteiger partial charge in [-0.3, -0.25) is 0 Å². The summed E-state index contributed by atoms with van der Waals surface area (Å²) >= 11 is 0. The van der Waals surface area contributed by atoms with E-state index in [2.05, 4.69) is 13.8 Å². The lowest BCUT2D eigenvalue weighted by Gasteiger charge is -2.28. The van der Waals surface area contributed by atoms with Gasteiger partial charge in [-0.25, -0.2) is 4.79 Å². The number of hydrogen-bond donors (Lipinski definition) is 1. The average molecular weight is 248 g/mol. The zero-order valence-corrected chi connectivity index (χ0v) is 11.2. The van der Waals surface area contributed by atoms with E-state index in [1.807, 2.05) is 0 Å². The molecule has 1 aliphatic carbocycles. The maximum atomic E-state index is 11.5. The van der Waals surface area contributed by atoms with E-state index in [0.717, 1.165) is 18.4 Å². The minimum atomic E-state index is -0.355. The monoisotopic (exact) mass is 248 g/mol. The van der Waals surface area contributed by atoms with Crippen LogP contribution in [0, 0.1) is 5.41 Å². The molecule has 0 heterocycles. The first kappa shape index (κ1) is 12.9. The molecule has 18 heavy (non-hydrogen) atoms. The zero-order valence-electron chi connectivity index (χ0n) is 11.2. The van der Waals surface area contributed by atoms with Crippen LogP contribution in [0.2, 0.25) is 0 Å². The molecule has 1 aromatic carbocycles. The third-order valence-electron chi connectivity index (χ3n) is 4.08. The van der Waals surface area contributed by atoms with Crippen LogP contribution in [0.15, 0.2) is 18.2 Å². The van der Waals surface area contributed by atoms with Crippen molar-refractivity contribution in [3.05, 3.63) is 29.3 Å². The Morgan fingerprint density at radius 1 is 1.44 bits per heavy atom. The number of hydrogen-bond acceptors (Lipinski definition) is 3. The summed E-state index contributed by atoms with van der Waals surface area (Å²) in [6.45, 7) is 4.43. The molecular weight excluding hydrogens is 228 g/mol. The second kappa shape index (κ2) is 4.63. The van der Waals surface area contributed by atoms with Crippen LogP contribution in [0.5, 0.6) is 5.75 Å². The summed E-state index contributed by atoms with van der Waals surface area (Å²) in [6.07, 6.45) is 3.38. The summed E-state index contributed by atoms with van der Waals surface area (Å²) in [5.41, 5.74) is 1.56. The van der Waals surface area contributed by atoms with Crippen LogP contribution in [0.1, 0.15) is 54.9 Å². The standard InChI is InChI=1S/C15H20O3/c1-15(2)8-4-5-12(15)11-9-10(14(17)18-3)6-7-13(11)16/h6-7,9,12,16H,4-5,8H2,1-3H3/t12-/m1/s1. The number of rotatable bonds is 2. The first-order valence-electron chi connectivity index (χ1n) is 6.37. The molecule has 0 amide bonds. The number of aromatic hydroxyl groups is 1. The highest BCUT2D eigenvalue weighted by Gasteiger charge is 2.37. The molecule has 0 saturated heterocycles. The van der Waals surface area contributed by atoms with Gasteiger partial charge >= 0.3 is 5.97 Å². The van der Waals surface area contributed by atoms with Crippen molar-refractivity contribution in [3.8, 4) is 5.75 Å². The summed E-state index contributed by atoms with van der Waals surface area (Å²) in [5, 5.41) is 10.0. The van der Waals surface area contributed by atoms with E-state index in [4.69, 9.17) is 4.74 Å². The number of phenols is 1. The molecule has 0 unspecified atom stereocenters. The molecule has 2 rings (SSSR count). The van der Waals surface area contributed by atoms with Crippen molar-refractivity contribution >= 4 is 5.97 Å². The SMILES string of the molecule is COC(=O)c1ccc(O)c([C@H]2CCCC2(C)C)c1. The van der Waals surface area contributed by atoms with E-state index >= 15 is 0 Å². The van der Waals surface area contributed by atoms with Gasteiger partial charge in [0.05, 0.1) is 12.7 Å². The van der Waals surface area contributed by atoms with E-state index in [0.29, 0.717) is 11.5 Å². The Kier molecular flexibility index (Phi) is 3.33. The second-order valence-electron chi connectivity index (χ2n) is 5.70. The second-order valence-corrected chi connectivity index (χ2v) is 5.70. The van der Waals surface area contributed by atoms with Gasteiger partial charge in [0.1, 0.15) is 5.75 Å². The molecule has 0 aliphatic heterocycles. The van der Waals surface area contributed by atoms with Gasteiger partial charge < -0.3 is 9.84 Å². The Hall–Kier alpha value is -1.51. The minimum absolute atomic E-state index is 0.173. The smallest absolute Gasteiger partial charge is 0.337 e. The fourth-order valence-electron chi connectivity index (χ4n) is 2.98. The molecular formula is C15H20O3. The summed E-state index contributed by atoms with van der Waals surface area (Å²) in [6, 6.07) is 4.97. The summed E-state index contributed by atoms with van der Waals surface area (Å²) in [7, 11) is 1.37. The number of carbonyl (C=O) groups is 1. The molecule has 1 atom stereocenters. The summed E-state index contributed by atoms with van der Waals surface area (Å²) < 4.78 is 4.73. The van der Waals surface area contributed by atoms with Crippen LogP contribution in [0.25, 0.3) is 0 Å². The summed E-state index contributed by atoms with van der Waals surface area (Å²) in [4.78, 5) is 11.5. The largest absolute Gasteiger partial charge is 0.508 e. The third kappa shape index (κ3) is 2.22. The van der Waals surface area contributed by atoms with Crippen molar-refractivity contribution in [1.29, 1.82) is 0 Å². The molecule has 1 fully saturated rings. The molecule has 0 bridgehead atoms. The van der Waals surface area contributed by atoms with E-state index in [1.165, 1.54) is 13.5 Å². The van der Waals surface area contributed by atoms with Crippen molar-refractivity contribution in [2.24, 2.45) is 5.41 Å². The Morgan fingerprint density at radius 3 is 2.72 bits per heavy atom. The molecule has 1 aliphatic rings. The Balaban J connectivity index is 2.41. The van der Waals surface area contributed by atoms with E-state index in [1.54, 1.807) is 18.2 Å². The molecule has 1 N–H and O–H groups in total. The lowest BCUT2D eigenvalue weighted by molar-refractivity contribution is 0.0600. The molecule has 0 radical (unpaired) electrons. The predicted molar refractivity (Wildman–Crippen MR) is 69.8 cm³/mol. The lowest BCUT2D eigenvalue weighted by atomic mass is 9.77. The van der Waals surface area contributed by atoms with Crippen LogP contribution < -0.4 is 0 Å². The van der Waals surface area contributed by atoms with Crippen LogP contribution in [0.3, 0.4) is 0 Å². The highest BCUT2D eigenvalue weighted by atomic mass is 16.5. The third-order valence-corrected chi connectivity index (χ3v) is 4.08. The molecule has 0 spiro atoms. The Morgan fingerprint density at radius 2 is 2.17 bits per heavy atom. The molecule has 1 aromatic rings. The Labute approximate surface area is 108 Å². The van der Waals surface area contributed by atoms with Gasteiger partial charge in [-0.15, -0.1) is 0 Å². The highest BCUT2D eigenvalue weighted by Crippen LogP contribution is 2.50. The summed E-state index contributed by atoms with van der Waals surface area (Å²) in [5.74, 6) is 0.233. The number of esters is 1. The zero-order chi connectivity index (χ0) is 13.3. The Bertz CT molecular complexity index is 463. The maximum Gasteiger partial charge on any atom is 0.337 e. The predicted octanol–water partition coefficient (Wildman–Crippen LogP) is 3.47. The van der Waals surface area contributed by atoms with E-state index < -0.39 is 0 Å². The number of phenolic OH excluding ortho intramolecular Hbond substituents is 1. The van der Waals surface area contributed by atoms with Crippen molar-refractivity contribution in [2.75, 3.05) is 7.11 Å². The quantitative estimate of drug-likeness (QED) is 0.815. The normalized spacial score (nSPS) is 21.8. The van der Waals surface area contributed by atoms with Gasteiger partial charge in [0, 0.05) is 0 Å². The maximum absolute atomic E-state index is 11.5. The van der Waals surface area contributed by atoms with Gasteiger partial charge in [-0.1, -0.05) is 20.3 Å². The minimum Gasteiger partial charge on any atom is -0.508 e. The van der Waals surface area contributed by atoms with Gasteiger partial charge in [-0.05, 0) is 47.9 Å². The highest BCUT2D eigenvalue weighted by molar-refractivity contribution is 5.89. The van der Waals surface area contributed by atoms with Crippen LogP contribution >= 0.6 is 0 Å². The molecule has 98 valence electrons. The topological polar surface area (TPSA) is 46.5 Å².